The second kappa shape index (κ2) is 7.34. The molecule has 7 heteroatoms. The molecule has 1 aromatic carbocycles. The van der Waals surface area contributed by atoms with Gasteiger partial charge < -0.3 is 14.8 Å². The zero-order valence-corrected chi connectivity index (χ0v) is 16.5. The van der Waals surface area contributed by atoms with Crippen molar-refractivity contribution in [1.29, 1.82) is 0 Å². The summed E-state index contributed by atoms with van der Waals surface area (Å²) < 4.78 is 36.1. The summed E-state index contributed by atoms with van der Waals surface area (Å²) in [6.45, 7) is 2.92. The first-order valence-electron chi connectivity index (χ1n) is 9.84. The summed E-state index contributed by atoms with van der Waals surface area (Å²) in [5.41, 5.74) is 0. The third kappa shape index (κ3) is 3.93. The molecule has 1 N–H and O–H groups in total. The summed E-state index contributed by atoms with van der Waals surface area (Å²) in [4.78, 5) is 12.5. The van der Waals surface area contributed by atoms with Gasteiger partial charge in [-0.1, -0.05) is 6.42 Å². The quantitative estimate of drug-likeness (QED) is 0.803. The van der Waals surface area contributed by atoms with Gasteiger partial charge in [-0.05, 0) is 56.1 Å². The molecule has 1 amide bonds. The Morgan fingerprint density at radius 3 is 2.67 bits per heavy atom. The molecular formula is C20H27NO5S. The van der Waals surface area contributed by atoms with Crippen LogP contribution in [0.5, 0.6) is 11.5 Å². The SMILES string of the molecule is C[C@@H](NC(=O)CCS(=O)(=O)c1ccc2c(c1)OCCO2)[C@H]1C[C@H]2CC[C@H]1C2. The summed E-state index contributed by atoms with van der Waals surface area (Å²) in [5, 5.41) is 3.03. The molecule has 0 unspecified atom stereocenters. The third-order valence-electron chi connectivity index (χ3n) is 6.29. The van der Waals surface area contributed by atoms with Gasteiger partial charge in [0, 0.05) is 18.5 Å². The van der Waals surface area contributed by atoms with E-state index in [0.717, 1.165) is 11.8 Å². The number of hydrogen-bond donors (Lipinski definition) is 1. The van der Waals surface area contributed by atoms with E-state index in [2.05, 4.69) is 12.2 Å². The molecule has 4 atom stereocenters. The van der Waals surface area contributed by atoms with Crippen LogP contribution in [0.2, 0.25) is 0 Å². The van der Waals surface area contributed by atoms with Crippen molar-refractivity contribution in [1.82, 2.24) is 5.32 Å². The predicted octanol–water partition coefficient (Wildman–Crippen LogP) is 2.56. The molecule has 4 rings (SSSR count). The van der Waals surface area contributed by atoms with Crippen molar-refractivity contribution in [3.63, 3.8) is 0 Å². The lowest BCUT2D eigenvalue weighted by Crippen LogP contribution is -2.40. The first-order valence-corrected chi connectivity index (χ1v) is 11.5. The van der Waals surface area contributed by atoms with Crippen LogP contribution < -0.4 is 14.8 Å². The van der Waals surface area contributed by atoms with Gasteiger partial charge in [0.2, 0.25) is 5.91 Å². The van der Waals surface area contributed by atoms with E-state index in [1.807, 2.05) is 0 Å². The fraction of sp³-hybridized carbons (Fsp3) is 0.650. The Morgan fingerprint density at radius 1 is 1.19 bits per heavy atom. The Morgan fingerprint density at radius 2 is 1.96 bits per heavy atom. The van der Waals surface area contributed by atoms with E-state index < -0.39 is 9.84 Å². The van der Waals surface area contributed by atoms with Crippen LogP contribution in [-0.2, 0) is 14.6 Å². The van der Waals surface area contributed by atoms with E-state index in [9.17, 15) is 13.2 Å². The number of sulfone groups is 1. The van der Waals surface area contributed by atoms with Crippen LogP contribution in [0.15, 0.2) is 23.1 Å². The molecule has 2 aliphatic carbocycles. The lowest BCUT2D eigenvalue weighted by molar-refractivity contribution is -0.121. The highest BCUT2D eigenvalue weighted by Gasteiger charge is 2.42. The molecule has 148 valence electrons. The molecule has 0 spiro atoms. The average Bonchev–Trinajstić information content (AvgIpc) is 3.29. The van der Waals surface area contributed by atoms with E-state index >= 15 is 0 Å². The van der Waals surface area contributed by atoms with Crippen molar-refractivity contribution in [2.24, 2.45) is 17.8 Å². The number of fused-ring (bicyclic) bond motifs is 3. The minimum Gasteiger partial charge on any atom is -0.486 e. The van der Waals surface area contributed by atoms with E-state index in [1.165, 1.54) is 37.8 Å². The van der Waals surface area contributed by atoms with E-state index in [-0.39, 0.29) is 29.0 Å². The number of hydrogen-bond acceptors (Lipinski definition) is 5. The summed E-state index contributed by atoms with van der Waals surface area (Å²) in [6, 6.07) is 4.72. The Balaban J connectivity index is 1.32. The Kier molecular flexibility index (Phi) is 5.05. The summed E-state index contributed by atoms with van der Waals surface area (Å²) in [7, 11) is -3.55. The number of benzene rings is 1. The lowest BCUT2D eigenvalue weighted by Gasteiger charge is -2.28. The van der Waals surface area contributed by atoms with Crippen molar-refractivity contribution in [3.8, 4) is 11.5 Å². The van der Waals surface area contributed by atoms with Gasteiger partial charge in [0.25, 0.3) is 0 Å². The van der Waals surface area contributed by atoms with Gasteiger partial charge in [-0.15, -0.1) is 0 Å². The van der Waals surface area contributed by atoms with E-state index in [1.54, 1.807) is 6.07 Å². The van der Waals surface area contributed by atoms with Gasteiger partial charge in [-0.25, -0.2) is 8.42 Å². The van der Waals surface area contributed by atoms with Crippen molar-refractivity contribution in [3.05, 3.63) is 18.2 Å². The molecule has 0 aromatic heterocycles. The first kappa shape index (κ1) is 18.6. The van der Waals surface area contributed by atoms with Gasteiger partial charge >= 0.3 is 0 Å². The third-order valence-corrected chi connectivity index (χ3v) is 8.01. The second-order valence-electron chi connectivity index (χ2n) is 8.07. The highest BCUT2D eigenvalue weighted by Crippen LogP contribution is 2.49. The van der Waals surface area contributed by atoms with Crippen molar-refractivity contribution < 1.29 is 22.7 Å². The Labute approximate surface area is 160 Å². The fourth-order valence-corrected chi connectivity index (χ4v) is 6.15. The zero-order valence-electron chi connectivity index (χ0n) is 15.6. The molecule has 6 nitrogen and oxygen atoms in total. The molecule has 27 heavy (non-hydrogen) atoms. The Hall–Kier alpha value is -1.76. The summed E-state index contributed by atoms with van der Waals surface area (Å²) >= 11 is 0. The molecule has 0 saturated heterocycles. The highest BCUT2D eigenvalue weighted by molar-refractivity contribution is 7.91. The number of carbonyl (C=O) groups is 1. The minimum atomic E-state index is -3.55. The van der Waals surface area contributed by atoms with Gasteiger partial charge in [0.15, 0.2) is 21.3 Å². The maximum absolute atomic E-state index is 12.6. The largest absolute Gasteiger partial charge is 0.486 e. The fourth-order valence-electron chi connectivity index (χ4n) is 4.90. The Bertz CT molecular complexity index is 822. The van der Waals surface area contributed by atoms with Gasteiger partial charge in [-0.3, -0.25) is 4.79 Å². The molecule has 2 saturated carbocycles. The highest BCUT2D eigenvalue weighted by atomic mass is 32.2. The van der Waals surface area contributed by atoms with Crippen LogP contribution in [0.1, 0.15) is 39.0 Å². The second-order valence-corrected chi connectivity index (χ2v) is 10.2. The van der Waals surface area contributed by atoms with Crippen molar-refractivity contribution in [2.75, 3.05) is 19.0 Å². The molecule has 2 bridgehead atoms. The maximum Gasteiger partial charge on any atom is 0.221 e. The van der Waals surface area contributed by atoms with Crippen molar-refractivity contribution in [2.45, 2.75) is 50.0 Å². The molecule has 0 radical (unpaired) electrons. The normalized spacial score (nSPS) is 27.4. The topological polar surface area (TPSA) is 81.7 Å². The smallest absolute Gasteiger partial charge is 0.221 e. The van der Waals surface area contributed by atoms with Gasteiger partial charge in [0.1, 0.15) is 13.2 Å². The molecule has 2 fully saturated rings. The number of rotatable bonds is 6. The number of amides is 1. The first-order chi connectivity index (χ1) is 12.9. The number of ether oxygens (including phenoxy) is 2. The average molecular weight is 394 g/mol. The maximum atomic E-state index is 12.6. The summed E-state index contributed by atoms with van der Waals surface area (Å²) in [5.74, 6) is 2.70. The molecular weight excluding hydrogens is 366 g/mol. The molecule has 3 aliphatic rings. The van der Waals surface area contributed by atoms with Crippen LogP contribution in [0.25, 0.3) is 0 Å². The van der Waals surface area contributed by atoms with Crippen molar-refractivity contribution >= 4 is 15.7 Å². The van der Waals surface area contributed by atoms with E-state index in [4.69, 9.17) is 9.47 Å². The van der Waals surface area contributed by atoms with Crippen LogP contribution in [-0.4, -0.2) is 39.3 Å². The standard InChI is InChI=1S/C20H27NO5S/c1-13(17-11-14-2-3-15(17)10-14)21-20(22)6-9-27(23,24)16-4-5-18-19(12-16)26-8-7-25-18/h4-5,12-15,17H,2-3,6-11H2,1H3,(H,21,22)/t13-,14+,15+,17-/m1/s1. The number of nitrogens with one attached hydrogen (secondary N) is 1. The summed E-state index contributed by atoms with van der Waals surface area (Å²) in [6.07, 6.45) is 5.07. The van der Waals surface area contributed by atoms with Crippen LogP contribution in [0.4, 0.5) is 0 Å². The van der Waals surface area contributed by atoms with E-state index in [0.29, 0.717) is 30.6 Å². The van der Waals surface area contributed by atoms with Gasteiger partial charge in [0.05, 0.1) is 10.6 Å². The zero-order chi connectivity index (χ0) is 19.0. The molecule has 1 aliphatic heterocycles. The lowest BCUT2D eigenvalue weighted by atomic mass is 9.84. The minimum absolute atomic E-state index is 0.0259. The van der Waals surface area contributed by atoms with Crippen LogP contribution >= 0.6 is 0 Å². The molecule has 1 heterocycles. The van der Waals surface area contributed by atoms with Crippen LogP contribution in [0, 0.1) is 17.8 Å². The van der Waals surface area contributed by atoms with Gasteiger partial charge in [-0.2, -0.15) is 0 Å². The molecule has 1 aromatic rings. The van der Waals surface area contributed by atoms with Crippen LogP contribution in [0.3, 0.4) is 0 Å². The monoisotopic (exact) mass is 393 g/mol. The number of carbonyl (C=O) groups excluding carboxylic acids is 1. The predicted molar refractivity (Wildman–Crippen MR) is 101 cm³/mol.